The monoisotopic (exact) mass is 266 g/mol. The normalized spacial score (nSPS) is 10.6. The highest BCUT2D eigenvalue weighted by atomic mass is 15.0. The van der Waals surface area contributed by atoms with Crippen LogP contribution < -0.4 is 16.8 Å². The van der Waals surface area contributed by atoms with E-state index < -0.39 is 0 Å². The van der Waals surface area contributed by atoms with Crippen LogP contribution in [0.3, 0.4) is 0 Å². The summed E-state index contributed by atoms with van der Waals surface area (Å²) in [4.78, 5) is 12.4. The molecule has 100 valence electrons. The van der Waals surface area contributed by atoms with Crippen LogP contribution in [0.4, 0.5) is 17.5 Å². The number of nitrogen functional groups attached to an aromatic ring is 2. The number of nitrogens with two attached hydrogens (primary N) is 2. The molecule has 0 spiro atoms. The second-order valence-corrected chi connectivity index (χ2v) is 4.37. The van der Waals surface area contributed by atoms with Crippen molar-refractivity contribution in [2.75, 3.05) is 16.8 Å². The average molecular weight is 266 g/mol. The molecule has 6 heteroatoms. The quantitative estimate of drug-likeness (QED) is 0.668. The molecule has 0 bridgehead atoms. The number of hydrogen-bond acceptors (Lipinski definition) is 6. The molecule has 3 aromatic rings. The fourth-order valence-corrected chi connectivity index (χ4v) is 1.98. The van der Waals surface area contributed by atoms with Gasteiger partial charge in [-0.15, -0.1) is 0 Å². The van der Waals surface area contributed by atoms with Gasteiger partial charge in [-0.05, 0) is 30.3 Å². The maximum absolute atomic E-state index is 5.86. The Kier molecular flexibility index (Phi) is 3.04. The first kappa shape index (κ1) is 12.2. The fraction of sp³-hybridized carbons (Fsp3) is 0.0714. The molecule has 2 aromatic heterocycles. The first-order valence-corrected chi connectivity index (χ1v) is 6.19. The zero-order valence-corrected chi connectivity index (χ0v) is 10.7. The summed E-state index contributed by atoms with van der Waals surface area (Å²) in [6.07, 6.45) is 1.77. The molecular weight excluding hydrogens is 252 g/mol. The standard InChI is InChI=1S/C14H14N6/c15-13-11-7-9(4-5-12(11)19-14(16)20-13)18-8-10-3-1-2-6-17-10/h1-7,18H,8H2,(H4,15,16,19,20). The number of fused-ring (bicyclic) bond motifs is 1. The second kappa shape index (κ2) is 5.00. The van der Waals surface area contributed by atoms with Crippen LogP contribution in [0.1, 0.15) is 5.69 Å². The third-order valence-electron chi connectivity index (χ3n) is 2.94. The lowest BCUT2D eigenvalue weighted by Gasteiger charge is -2.08. The van der Waals surface area contributed by atoms with Crippen molar-refractivity contribution in [2.45, 2.75) is 6.54 Å². The number of pyridine rings is 1. The first-order chi connectivity index (χ1) is 9.72. The largest absolute Gasteiger partial charge is 0.383 e. The van der Waals surface area contributed by atoms with Gasteiger partial charge in [0.15, 0.2) is 0 Å². The Hall–Kier alpha value is -2.89. The van der Waals surface area contributed by atoms with Crippen molar-refractivity contribution in [2.24, 2.45) is 0 Å². The summed E-state index contributed by atoms with van der Waals surface area (Å²) < 4.78 is 0. The number of rotatable bonds is 3. The minimum Gasteiger partial charge on any atom is -0.383 e. The Morgan fingerprint density at radius 3 is 2.75 bits per heavy atom. The van der Waals surface area contributed by atoms with E-state index in [4.69, 9.17) is 11.5 Å². The van der Waals surface area contributed by atoms with E-state index in [-0.39, 0.29) is 5.95 Å². The van der Waals surface area contributed by atoms with Crippen LogP contribution in [-0.4, -0.2) is 15.0 Å². The first-order valence-electron chi connectivity index (χ1n) is 6.19. The summed E-state index contributed by atoms with van der Waals surface area (Å²) in [6.45, 7) is 0.641. The smallest absolute Gasteiger partial charge is 0.222 e. The second-order valence-electron chi connectivity index (χ2n) is 4.37. The van der Waals surface area contributed by atoms with E-state index in [1.54, 1.807) is 6.20 Å². The summed E-state index contributed by atoms with van der Waals surface area (Å²) in [6, 6.07) is 11.5. The predicted octanol–water partition coefficient (Wildman–Crippen LogP) is 1.80. The van der Waals surface area contributed by atoms with E-state index in [1.165, 1.54) is 0 Å². The van der Waals surface area contributed by atoms with Gasteiger partial charge in [-0.3, -0.25) is 4.98 Å². The molecule has 0 unspecified atom stereocenters. The molecule has 0 aliphatic heterocycles. The van der Waals surface area contributed by atoms with Crippen LogP contribution in [0.15, 0.2) is 42.6 Å². The Bertz CT molecular complexity index is 741. The molecular formula is C14H14N6. The lowest BCUT2D eigenvalue weighted by Crippen LogP contribution is -2.03. The van der Waals surface area contributed by atoms with Crippen LogP contribution in [0.5, 0.6) is 0 Å². The molecule has 0 aliphatic rings. The minimum atomic E-state index is 0.184. The Morgan fingerprint density at radius 1 is 1.05 bits per heavy atom. The van der Waals surface area contributed by atoms with E-state index in [1.807, 2.05) is 36.4 Å². The summed E-state index contributed by atoms with van der Waals surface area (Å²) in [5.41, 5.74) is 14.1. The summed E-state index contributed by atoms with van der Waals surface area (Å²) in [5, 5.41) is 4.07. The van der Waals surface area contributed by atoms with Crippen molar-refractivity contribution in [1.82, 2.24) is 15.0 Å². The van der Waals surface area contributed by atoms with Gasteiger partial charge in [0.25, 0.3) is 0 Å². The van der Waals surface area contributed by atoms with Crippen LogP contribution in [0, 0.1) is 0 Å². The highest BCUT2D eigenvalue weighted by molar-refractivity contribution is 5.91. The van der Waals surface area contributed by atoms with Gasteiger partial charge in [0.2, 0.25) is 5.95 Å². The van der Waals surface area contributed by atoms with Crippen LogP contribution in [0.25, 0.3) is 10.9 Å². The number of aromatic nitrogens is 3. The molecule has 20 heavy (non-hydrogen) atoms. The summed E-state index contributed by atoms with van der Waals surface area (Å²) >= 11 is 0. The van der Waals surface area contributed by atoms with Gasteiger partial charge in [-0.2, -0.15) is 4.98 Å². The molecule has 1 aromatic carbocycles. The average Bonchev–Trinajstić information content (AvgIpc) is 2.46. The maximum atomic E-state index is 5.86. The number of nitrogens with one attached hydrogen (secondary N) is 1. The number of benzene rings is 1. The lowest BCUT2D eigenvalue weighted by molar-refractivity contribution is 1.05. The third kappa shape index (κ3) is 2.44. The molecule has 0 aliphatic carbocycles. The van der Waals surface area contributed by atoms with Crippen molar-refractivity contribution >= 4 is 28.4 Å². The minimum absolute atomic E-state index is 0.184. The molecule has 5 N–H and O–H groups in total. The fourth-order valence-electron chi connectivity index (χ4n) is 1.98. The van der Waals surface area contributed by atoms with Crippen LogP contribution >= 0.6 is 0 Å². The van der Waals surface area contributed by atoms with Crippen molar-refractivity contribution in [3.63, 3.8) is 0 Å². The predicted molar refractivity (Wildman–Crippen MR) is 79.9 cm³/mol. The SMILES string of the molecule is Nc1nc(N)c2cc(NCc3ccccn3)ccc2n1. The van der Waals surface area contributed by atoms with E-state index >= 15 is 0 Å². The molecule has 0 atom stereocenters. The topological polar surface area (TPSA) is 103 Å². The van der Waals surface area contributed by atoms with Crippen molar-refractivity contribution in [3.8, 4) is 0 Å². The Balaban J connectivity index is 1.86. The molecule has 0 saturated carbocycles. The highest BCUT2D eigenvalue weighted by Crippen LogP contribution is 2.22. The van der Waals surface area contributed by atoms with Gasteiger partial charge < -0.3 is 16.8 Å². The molecule has 0 amide bonds. The van der Waals surface area contributed by atoms with E-state index in [2.05, 4.69) is 20.3 Å². The van der Waals surface area contributed by atoms with E-state index in [9.17, 15) is 0 Å². The lowest BCUT2D eigenvalue weighted by atomic mass is 10.2. The van der Waals surface area contributed by atoms with Gasteiger partial charge >= 0.3 is 0 Å². The molecule has 6 nitrogen and oxygen atoms in total. The van der Waals surface area contributed by atoms with Crippen molar-refractivity contribution < 1.29 is 0 Å². The molecule has 3 rings (SSSR count). The molecule has 0 radical (unpaired) electrons. The van der Waals surface area contributed by atoms with Crippen LogP contribution in [-0.2, 0) is 6.54 Å². The van der Waals surface area contributed by atoms with Gasteiger partial charge in [-0.25, -0.2) is 4.98 Å². The molecule has 2 heterocycles. The van der Waals surface area contributed by atoms with E-state index in [0.717, 1.165) is 22.3 Å². The maximum Gasteiger partial charge on any atom is 0.222 e. The zero-order valence-electron chi connectivity index (χ0n) is 10.7. The third-order valence-corrected chi connectivity index (χ3v) is 2.94. The van der Waals surface area contributed by atoms with Gasteiger partial charge in [0.1, 0.15) is 5.82 Å². The van der Waals surface area contributed by atoms with Gasteiger partial charge in [-0.1, -0.05) is 6.07 Å². The van der Waals surface area contributed by atoms with Gasteiger partial charge in [0, 0.05) is 17.3 Å². The summed E-state index contributed by atoms with van der Waals surface area (Å²) in [7, 11) is 0. The number of anilines is 3. The van der Waals surface area contributed by atoms with Crippen LogP contribution in [0.2, 0.25) is 0 Å². The van der Waals surface area contributed by atoms with E-state index in [0.29, 0.717) is 12.4 Å². The molecule has 0 saturated heterocycles. The Morgan fingerprint density at radius 2 is 1.95 bits per heavy atom. The summed E-state index contributed by atoms with van der Waals surface area (Å²) in [5.74, 6) is 0.568. The Labute approximate surface area is 115 Å². The number of nitrogens with zero attached hydrogens (tertiary/aromatic N) is 3. The van der Waals surface area contributed by atoms with Crippen molar-refractivity contribution in [1.29, 1.82) is 0 Å². The molecule has 0 fully saturated rings. The van der Waals surface area contributed by atoms with Gasteiger partial charge in [0.05, 0.1) is 17.8 Å². The zero-order chi connectivity index (χ0) is 13.9. The van der Waals surface area contributed by atoms with Crippen molar-refractivity contribution in [3.05, 3.63) is 48.3 Å². The highest BCUT2D eigenvalue weighted by Gasteiger charge is 2.04. The number of hydrogen-bond donors (Lipinski definition) is 3.